The monoisotopic (exact) mass is 303 g/mol. The fraction of sp³-hybridized carbons (Fsp3) is 0. The van der Waals surface area contributed by atoms with Crippen molar-refractivity contribution in [2.75, 3.05) is 11.1 Å². The van der Waals surface area contributed by atoms with Gasteiger partial charge in [0.2, 0.25) is 0 Å². The highest BCUT2D eigenvalue weighted by atomic mass is 14.9. The van der Waals surface area contributed by atoms with E-state index in [1.54, 1.807) is 24.3 Å². The summed E-state index contributed by atoms with van der Waals surface area (Å²) in [5, 5.41) is 11.3. The minimum atomic E-state index is 0.276. The fourth-order valence-corrected chi connectivity index (χ4v) is 2.17. The maximum absolute atomic E-state index is 8.05. The lowest BCUT2D eigenvalue weighted by Crippen LogP contribution is -2.21. The summed E-state index contributed by atoms with van der Waals surface area (Å²) in [7, 11) is 0. The van der Waals surface area contributed by atoms with Crippen LogP contribution in [0, 0.1) is 5.41 Å². The Balaban J connectivity index is 1.91. The van der Waals surface area contributed by atoms with Crippen LogP contribution in [0.5, 0.6) is 0 Å². The molecule has 0 atom stereocenters. The topological polar surface area (TPSA) is 100 Å². The van der Waals surface area contributed by atoms with Crippen molar-refractivity contribution < 1.29 is 0 Å². The number of hydrogen-bond donors (Lipinski definition) is 4. The Morgan fingerprint density at radius 2 is 1.57 bits per heavy atom. The Kier molecular flexibility index (Phi) is 3.93. The molecular weight excluding hydrogens is 286 g/mol. The lowest BCUT2D eigenvalue weighted by Gasteiger charge is -2.16. The van der Waals surface area contributed by atoms with Gasteiger partial charge in [0.05, 0.1) is 28.5 Å². The van der Waals surface area contributed by atoms with E-state index in [0.717, 1.165) is 17.1 Å². The number of hydrogen-bond acceptors (Lipinski definition) is 5. The van der Waals surface area contributed by atoms with Crippen LogP contribution in [0.3, 0.4) is 0 Å². The van der Waals surface area contributed by atoms with Gasteiger partial charge in [-0.2, -0.15) is 0 Å². The molecule has 114 valence electrons. The first-order valence-corrected chi connectivity index (χ1v) is 7.16. The van der Waals surface area contributed by atoms with Gasteiger partial charge in [-0.1, -0.05) is 18.2 Å². The Bertz CT molecular complexity index is 814. The van der Waals surface area contributed by atoms with Crippen molar-refractivity contribution in [3.8, 4) is 0 Å². The SMILES string of the molecule is N=C1C=C(N)C(Nc2ccccc2)=CC1=Nc1ccc(N)cc1. The number of allylic oxidation sites excluding steroid dienone is 2. The molecule has 5 heteroatoms. The summed E-state index contributed by atoms with van der Waals surface area (Å²) < 4.78 is 0. The van der Waals surface area contributed by atoms with Gasteiger partial charge in [-0.15, -0.1) is 0 Å². The first-order chi connectivity index (χ1) is 11.1. The van der Waals surface area contributed by atoms with Crippen molar-refractivity contribution in [1.29, 1.82) is 5.41 Å². The minimum Gasteiger partial charge on any atom is -0.399 e. The number of nitrogen functional groups attached to an aromatic ring is 1. The van der Waals surface area contributed by atoms with Gasteiger partial charge in [-0.25, -0.2) is 4.99 Å². The van der Waals surface area contributed by atoms with Crippen LogP contribution in [0.15, 0.2) is 83.1 Å². The number of anilines is 2. The number of benzene rings is 2. The van der Waals surface area contributed by atoms with E-state index in [2.05, 4.69) is 10.3 Å². The van der Waals surface area contributed by atoms with Crippen LogP contribution in [-0.2, 0) is 0 Å². The van der Waals surface area contributed by atoms with E-state index < -0.39 is 0 Å². The largest absolute Gasteiger partial charge is 0.399 e. The molecule has 1 aliphatic carbocycles. The molecule has 0 bridgehead atoms. The molecule has 0 aromatic heterocycles. The van der Waals surface area contributed by atoms with Gasteiger partial charge in [-0.3, -0.25) is 5.41 Å². The first-order valence-electron chi connectivity index (χ1n) is 7.16. The van der Waals surface area contributed by atoms with Crippen LogP contribution in [0.4, 0.5) is 17.1 Å². The smallest absolute Gasteiger partial charge is 0.0908 e. The summed E-state index contributed by atoms with van der Waals surface area (Å²) in [6.45, 7) is 0. The molecule has 2 aromatic rings. The minimum absolute atomic E-state index is 0.276. The number of rotatable bonds is 3. The normalized spacial score (nSPS) is 16.0. The van der Waals surface area contributed by atoms with Gasteiger partial charge in [0.25, 0.3) is 0 Å². The van der Waals surface area contributed by atoms with Crippen molar-refractivity contribution in [3.63, 3.8) is 0 Å². The third-order valence-corrected chi connectivity index (χ3v) is 3.36. The zero-order valence-corrected chi connectivity index (χ0v) is 12.5. The summed E-state index contributed by atoms with van der Waals surface area (Å²) in [4.78, 5) is 4.49. The molecule has 0 spiro atoms. The average Bonchev–Trinajstić information content (AvgIpc) is 2.55. The van der Waals surface area contributed by atoms with Crippen molar-refractivity contribution in [1.82, 2.24) is 0 Å². The molecule has 0 amide bonds. The molecule has 0 saturated carbocycles. The van der Waals surface area contributed by atoms with Crippen molar-refractivity contribution in [2.24, 2.45) is 10.7 Å². The second-order valence-corrected chi connectivity index (χ2v) is 5.15. The average molecular weight is 303 g/mol. The van der Waals surface area contributed by atoms with E-state index in [4.69, 9.17) is 16.9 Å². The summed E-state index contributed by atoms with van der Waals surface area (Å²) in [5.41, 5.74) is 16.1. The fourth-order valence-electron chi connectivity index (χ4n) is 2.17. The standard InChI is InChI=1S/C18H17N5/c19-12-6-8-14(9-7-12)23-18-11-17(15(20)10-16(18)21)22-13-4-2-1-3-5-13/h1-11,21-22H,19-20H2. The number of para-hydroxylation sites is 1. The molecule has 0 unspecified atom stereocenters. The van der Waals surface area contributed by atoms with E-state index in [1.807, 2.05) is 42.5 Å². The van der Waals surface area contributed by atoms with E-state index >= 15 is 0 Å². The Morgan fingerprint density at radius 3 is 2.26 bits per heavy atom. The predicted octanol–water partition coefficient (Wildman–Crippen LogP) is 3.21. The molecule has 0 radical (unpaired) electrons. The molecule has 0 heterocycles. The van der Waals surface area contributed by atoms with Crippen LogP contribution in [0.1, 0.15) is 0 Å². The molecule has 0 saturated heterocycles. The van der Waals surface area contributed by atoms with E-state index in [9.17, 15) is 0 Å². The highest BCUT2D eigenvalue weighted by Gasteiger charge is 2.14. The molecule has 0 fully saturated rings. The van der Waals surface area contributed by atoms with E-state index in [1.165, 1.54) is 0 Å². The van der Waals surface area contributed by atoms with Gasteiger partial charge in [0.1, 0.15) is 0 Å². The van der Waals surface area contributed by atoms with Crippen LogP contribution in [0.25, 0.3) is 0 Å². The summed E-state index contributed by atoms with van der Waals surface area (Å²) in [6, 6.07) is 16.9. The third kappa shape index (κ3) is 3.47. The number of nitrogens with one attached hydrogen (secondary N) is 2. The molecule has 6 N–H and O–H groups in total. The molecule has 5 nitrogen and oxygen atoms in total. The van der Waals surface area contributed by atoms with E-state index in [0.29, 0.717) is 17.1 Å². The maximum Gasteiger partial charge on any atom is 0.0908 e. The lowest BCUT2D eigenvalue weighted by molar-refractivity contribution is 1.28. The van der Waals surface area contributed by atoms with Crippen LogP contribution in [-0.4, -0.2) is 11.4 Å². The van der Waals surface area contributed by atoms with Gasteiger partial charge in [-0.05, 0) is 48.6 Å². The zero-order chi connectivity index (χ0) is 16.2. The van der Waals surface area contributed by atoms with Crippen molar-refractivity contribution in [2.45, 2.75) is 0 Å². The highest BCUT2D eigenvalue weighted by molar-refractivity contribution is 6.50. The zero-order valence-electron chi connectivity index (χ0n) is 12.5. The van der Waals surface area contributed by atoms with Crippen LogP contribution < -0.4 is 16.8 Å². The van der Waals surface area contributed by atoms with E-state index in [-0.39, 0.29) is 5.71 Å². The summed E-state index contributed by atoms with van der Waals surface area (Å²) in [6.07, 6.45) is 3.38. The van der Waals surface area contributed by atoms with Gasteiger partial charge < -0.3 is 16.8 Å². The molecular formula is C18H17N5. The summed E-state index contributed by atoms with van der Waals surface area (Å²) in [5.74, 6) is 0. The highest BCUT2D eigenvalue weighted by Crippen LogP contribution is 2.19. The molecule has 1 aliphatic rings. The Hall–Kier alpha value is -3.34. The van der Waals surface area contributed by atoms with Crippen LogP contribution >= 0.6 is 0 Å². The Morgan fingerprint density at radius 1 is 0.870 bits per heavy atom. The molecule has 23 heavy (non-hydrogen) atoms. The molecule has 3 rings (SSSR count). The predicted molar refractivity (Wildman–Crippen MR) is 96.1 cm³/mol. The van der Waals surface area contributed by atoms with Gasteiger partial charge in [0.15, 0.2) is 0 Å². The maximum atomic E-state index is 8.05. The van der Waals surface area contributed by atoms with Gasteiger partial charge in [0, 0.05) is 11.4 Å². The second-order valence-electron chi connectivity index (χ2n) is 5.15. The first kappa shape index (κ1) is 14.6. The number of nitrogens with zero attached hydrogens (tertiary/aromatic N) is 1. The lowest BCUT2D eigenvalue weighted by atomic mass is 10.0. The molecule has 0 aliphatic heterocycles. The van der Waals surface area contributed by atoms with Gasteiger partial charge >= 0.3 is 0 Å². The van der Waals surface area contributed by atoms with Crippen molar-refractivity contribution in [3.05, 3.63) is 78.1 Å². The quantitative estimate of drug-likeness (QED) is 0.517. The Labute approximate surface area is 134 Å². The molecule has 2 aromatic carbocycles. The van der Waals surface area contributed by atoms with Crippen molar-refractivity contribution >= 4 is 28.5 Å². The number of nitrogens with two attached hydrogens (primary N) is 2. The second kappa shape index (κ2) is 6.19. The van der Waals surface area contributed by atoms with Crippen LogP contribution in [0.2, 0.25) is 0 Å². The summed E-state index contributed by atoms with van der Waals surface area (Å²) >= 11 is 0. The third-order valence-electron chi connectivity index (χ3n) is 3.36. The number of aliphatic imine (C=N–C) groups is 1.